The first-order valence-electron chi connectivity index (χ1n) is 5.48. The summed E-state index contributed by atoms with van der Waals surface area (Å²) in [4.78, 5) is 26.1. The normalized spacial score (nSPS) is 12.1. The molecule has 0 aliphatic heterocycles. The number of carbonyl (C=O) groups is 2. The van der Waals surface area contributed by atoms with Crippen LogP contribution < -0.4 is 5.32 Å². The molecule has 0 aliphatic carbocycles. The molecule has 1 aromatic heterocycles. The quantitative estimate of drug-likeness (QED) is 0.701. The molecule has 94 valence electrons. The number of carbonyl (C=O) groups excluding carboxylic acids is 1. The molecular formula is C10H16N4O3. The van der Waals surface area contributed by atoms with Crippen LogP contribution in [-0.2, 0) is 16.1 Å². The second kappa shape index (κ2) is 6.62. The van der Waals surface area contributed by atoms with Crippen LogP contribution in [0.25, 0.3) is 0 Å². The highest BCUT2D eigenvalue weighted by Crippen LogP contribution is 2.01. The van der Waals surface area contributed by atoms with Gasteiger partial charge in [0.25, 0.3) is 0 Å². The molecule has 1 aromatic rings. The number of nitrogens with zero attached hydrogens (tertiary/aromatic N) is 3. The lowest BCUT2D eigenvalue weighted by Gasteiger charge is -2.13. The molecule has 0 bridgehead atoms. The first-order valence-corrected chi connectivity index (χ1v) is 5.48. The molecule has 2 N–H and O–H groups in total. The molecule has 1 rings (SSSR count). The van der Waals surface area contributed by atoms with Crippen molar-refractivity contribution < 1.29 is 14.7 Å². The zero-order valence-corrected chi connectivity index (χ0v) is 9.67. The topological polar surface area (TPSA) is 97.1 Å². The smallest absolute Gasteiger partial charge is 0.326 e. The van der Waals surface area contributed by atoms with Gasteiger partial charge in [0.2, 0.25) is 5.91 Å². The van der Waals surface area contributed by atoms with E-state index in [0.717, 1.165) is 12.8 Å². The molecule has 0 aliphatic rings. The minimum Gasteiger partial charge on any atom is -0.480 e. The fourth-order valence-corrected chi connectivity index (χ4v) is 1.37. The summed E-state index contributed by atoms with van der Waals surface area (Å²) in [5, 5.41) is 15.2. The van der Waals surface area contributed by atoms with Gasteiger partial charge in [0.1, 0.15) is 25.2 Å². The third-order valence-corrected chi connectivity index (χ3v) is 2.25. The van der Waals surface area contributed by atoms with E-state index >= 15 is 0 Å². The van der Waals surface area contributed by atoms with Crippen LogP contribution >= 0.6 is 0 Å². The van der Waals surface area contributed by atoms with E-state index in [1.807, 2.05) is 6.92 Å². The molecule has 0 fully saturated rings. The van der Waals surface area contributed by atoms with Crippen LogP contribution in [0.4, 0.5) is 0 Å². The number of unbranched alkanes of at least 4 members (excludes halogenated alkanes) is 1. The van der Waals surface area contributed by atoms with E-state index in [0.29, 0.717) is 6.42 Å². The largest absolute Gasteiger partial charge is 0.480 e. The van der Waals surface area contributed by atoms with Gasteiger partial charge in [-0.3, -0.25) is 4.79 Å². The van der Waals surface area contributed by atoms with E-state index in [4.69, 9.17) is 5.11 Å². The maximum Gasteiger partial charge on any atom is 0.326 e. The molecule has 1 heterocycles. The van der Waals surface area contributed by atoms with E-state index in [1.165, 1.54) is 17.3 Å². The molecule has 0 saturated heterocycles. The summed E-state index contributed by atoms with van der Waals surface area (Å²) in [5.41, 5.74) is 0. The van der Waals surface area contributed by atoms with Gasteiger partial charge in [-0.15, -0.1) is 0 Å². The molecule has 1 amide bonds. The van der Waals surface area contributed by atoms with Gasteiger partial charge in [0.15, 0.2) is 0 Å². The van der Waals surface area contributed by atoms with Crippen LogP contribution in [0.5, 0.6) is 0 Å². The predicted octanol–water partition coefficient (Wildman–Crippen LogP) is 0.0377. The van der Waals surface area contributed by atoms with E-state index in [-0.39, 0.29) is 12.5 Å². The third-order valence-electron chi connectivity index (χ3n) is 2.25. The van der Waals surface area contributed by atoms with Gasteiger partial charge >= 0.3 is 5.97 Å². The maximum atomic E-state index is 11.5. The molecule has 17 heavy (non-hydrogen) atoms. The molecule has 0 radical (unpaired) electrons. The van der Waals surface area contributed by atoms with Gasteiger partial charge in [-0.1, -0.05) is 19.8 Å². The fourth-order valence-electron chi connectivity index (χ4n) is 1.37. The van der Waals surface area contributed by atoms with Crippen LogP contribution in [0.1, 0.15) is 26.2 Å². The van der Waals surface area contributed by atoms with Crippen molar-refractivity contribution in [3.63, 3.8) is 0 Å². The first kappa shape index (κ1) is 13.1. The van der Waals surface area contributed by atoms with Crippen molar-refractivity contribution in [1.29, 1.82) is 0 Å². The van der Waals surface area contributed by atoms with Crippen molar-refractivity contribution in [3.8, 4) is 0 Å². The summed E-state index contributed by atoms with van der Waals surface area (Å²) in [6, 6.07) is -0.828. The number of hydrogen-bond donors (Lipinski definition) is 2. The summed E-state index contributed by atoms with van der Waals surface area (Å²) in [7, 11) is 0. The Morgan fingerprint density at radius 1 is 1.53 bits per heavy atom. The Morgan fingerprint density at radius 2 is 2.29 bits per heavy atom. The Hall–Kier alpha value is -1.92. The van der Waals surface area contributed by atoms with Gasteiger partial charge in [0, 0.05) is 0 Å². The van der Waals surface area contributed by atoms with Gasteiger partial charge < -0.3 is 10.4 Å². The van der Waals surface area contributed by atoms with Crippen molar-refractivity contribution >= 4 is 11.9 Å². The Kier molecular flexibility index (Phi) is 5.12. The van der Waals surface area contributed by atoms with Crippen molar-refractivity contribution in [2.75, 3.05) is 0 Å². The highest BCUT2D eigenvalue weighted by atomic mass is 16.4. The van der Waals surface area contributed by atoms with Crippen LogP contribution in [-0.4, -0.2) is 37.8 Å². The number of aromatic nitrogens is 3. The van der Waals surface area contributed by atoms with Gasteiger partial charge in [0.05, 0.1) is 0 Å². The summed E-state index contributed by atoms with van der Waals surface area (Å²) >= 11 is 0. The second-order valence-corrected chi connectivity index (χ2v) is 3.69. The van der Waals surface area contributed by atoms with Crippen molar-refractivity contribution in [3.05, 3.63) is 12.7 Å². The summed E-state index contributed by atoms with van der Waals surface area (Å²) in [6.45, 7) is 1.95. The monoisotopic (exact) mass is 240 g/mol. The number of nitrogens with one attached hydrogen (secondary N) is 1. The Balaban J connectivity index is 2.43. The minimum atomic E-state index is -1.01. The molecular weight excluding hydrogens is 224 g/mol. The molecule has 0 spiro atoms. The first-order chi connectivity index (χ1) is 8.13. The highest BCUT2D eigenvalue weighted by Gasteiger charge is 2.19. The maximum absolute atomic E-state index is 11.5. The van der Waals surface area contributed by atoms with Crippen LogP contribution in [0.2, 0.25) is 0 Å². The third kappa shape index (κ3) is 4.62. The number of aliphatic carboxylic acids is 1. The molecule has 7 nitrogen and oxygen atoms in total. The molecule has 0 saturated carbocycles. The average Bonchev–Trinajstić information content (AvgIpc) is 2.76. The van der Waals surface area contributed by atoms with Gasteiger partial charge in [-0.2, -0.15) is 5.10 Å². The SMILES string of the molecule is CCCCC(NC(=O)Cn1cncn1)C(=O)O. The Morgan fingerprint density at radius 3 is 2.82 bits per heavy atom. The lowest BCUT2D eigenvalue weighted by atomic mass is 10.1. The van der Waals surface area contributed by atoms with Gasteiger partial charge in [-0.05, 0) is 6.42 Å². The predicted molar refractivity (Wildman–Crippen MR) is 59.1 cm³/mol. The minimum absolute atomic E-state index is 0.0180. The second-order valence-electron chi connectivity index (χ2n) is 3.69. The van der Waals surface area contributed by atoms with Crippen LogP contribution in [0.3, 0.4) is 0 Å². The van der Waals surface area contributed by atoms with Crippen molar-refractivity contribution in [1.82, 2.24) is 20.1 Å². The lowest BCUT2D eigenvalue weighted by molar-refractivity contribution is -0.142. The number of amides is 1. The molecule has 0 aromatic carbocycles. The van der Waals surface area contributed by atoms with E-state index < -0.39 is 12.0 Å². The van der Waals surface area contributed by atoms with E-state index in [2.05, 4.69) is 15.4 Å². The fraction of sp³-hybridized carbons (Fsp3) is 0.600. The summed E-state index contributed by atoms with van der Waals surface area (Å²) in [6.07, 6.45) is 4.82. The van der Waals surface area contributed by atoms with E-state index in [1.54, 1.807) is 0 Å². The zero-order chi connectivity index (χ0) is 12.7. The van der Waals surface area contributed by atoms with Crippen LogP contribution in [0.15, 0.2) is 12.7 Å². The zero-order valence-electron chi connectivity index (χ0n) is 9.67. The van der Waals surface area contributed by atoms with Gasteiger partial charge in [-0.25, -0.2) is 14.5 Å². The Bertz CT molecular complexity index is 364. The summed E-state index contributed by atoms with van der Waals surface area (Å²) < 4.78 is 1.34. The number of rotatable bonds is 7. The number of hydrogen-bond acceptors (Lipinski definition) is 4. The standard InChI is InChI=1S/C10H16N4O3/c1-2-3-4-8(10(16)17)13-9(15)5-14-7-11-6-12-14/h6-8H,2-5H2,1H3,(H,13,15)(H,16,17). The van der Waals surface area contributed by atoms with E-state index in [9.17, 15) is 9.59 Å². The van der Waals surface area contributed by atoms with Crippen LogP contribution in [0, 0.1) is 0 Å². The Labute approximate surface area is 98.8 Å². The molecule has 1 unspecified atom stereocenters. The number of carboxylic acids is 1. The average molecular weight is 240 g/mol. The summed E-state index contributed by atoms with van der Waals surface area (Å²) in [5.74, 6) is -1.38. The highest BCUT2D eigenvalue weighted by molar-refractivity contribution is 5.83. The number of carboxylic acid groups (broad SMARTS) is 1. The lowest BCUT2D eigenvalue weighted by Crippen LogP contribution is -2.42. The van der Waals surface area contributed by atoms with Crippen molar-refractivity contribution in [2.45, 2.75) is 38.8 Å². The molecule has 1 atom stereocenters. The molecule has 7 heteroatoms. The van der Waals surface area contributed by atoms with Crippen molar-refractivity contribution in [2.24, 2.45) is 0 Å².